The van der Waals surface area contributed by atoms with E-state index in [1.165, 1.54) is 6.07 Å². The van der Waals surface area contributed by atoms with E-state index in [-0.39, 0.29) is 5.56 Å². The summed E-state index contributed by atoms with van der Waals surface area (Å²) in [5, 5.41) is 20.5. The molecule has 1 N–H and O–H groups in total. The van der Waals surface area contributed by atoms with Crippen LogP contribution in [0, 0.1) is 16.7 Å². The number of nitrogens with zero attached hydrogens (tertiary/aromatic N) is 2. The smallest absolute Gasteiger partial charge is 0.251 e. The molecule has 3 rings (SSSR count). The molecule has 0 aliphatic heterocycles. The number of hydrogen-bond donors (Lipinski definition) is 1. The first-order valence-corrected chi connectivity index (χ1v) is 7.70. The second-order valence-corrected chi connectivity index (χ2v) is 7.08. The van der Waals surface area contributed by atoms with E-state index in [4.69, 9.17) is 0 Å². The molecule has 0 radical (unpaired) electrons. The minimum Gasteiger partial charge on any atom is -0.387 e. The molecule has 0 saturated heterocycles. The fourth-order valence-corrected chi connectivity index (χ4v) is 3.48. The molecule has 0 bridgehead atoms. The van der Waals surface area contributed by atoms with Crippen LogP contribution < -0.4 is 5.56 Å². The Balaban J connectivity index is 2.33. The van der Waals surface area contributed by atoms with Crippen molar-refractivity contribution < 1.29 is 5.11 Å². The number of pyridine rings is 1. The van der Waals surface area contributed by atoms with Gasteiger partial charge in [-0.25, -0.2) is 0 Å². The number of hydrogen-bond acceptors (Lipinski definition) is 3. The number of rotatable bonds is 1. The normalized spacial score (nSPS) is 25.4. The fourth-order valence-electron chi connectivity index (χ4n) is 3.48. The summed E-state index contributed by atoms with van der Waals surface area (Å²) >= 11 is 0. The molecule has 0 saturated carbocycles. The average Bonchev–Trinajstić information content (AvgIpc) is 2.49. The molecule has 23 heavy (non-hydrogen) atoms. The molecule has 4 heteroatoms. The van der Waals surface area contributed by atoms with Crippen LogP contribution in [0.5, 0.6) is 0 Å². The maximum absolute atomic E-state index is 12.4. The highest BCUT2D eigenvalue weighted by Crippen LogP contribution is 2.49. The van der Waals surface area contributed by atoms with Crippen molar-refractivity contribution in [2.45, 2.75) is 38.8 Å². The lowest BCUT2D eigenvalue weighted by Crippen LogP contribution is -2.55. The van der Waals surface area contributed by atoms with Gasteiger partial charge in [0.1, 0.15) is 0 Å². The molecule has 2 atom stereocenters. The van der Waals surface area contributed by atoms with Crippen molar-refractivity contribution in [1.29, 1.82) is 5.26 Å². The molecular formula is C19H20N2O2. The topological polar surface area (TPSA) is 66.0 Å². The van der Waals surface area contributed by atoms with E-state index in [1.54, 1.807) is 42.0 Å². The highest BCUT2D eigenvalue weighted by Gasteiger charge is 2.51. The first-order valence-electron chi connectivity index (χ1n) is 7.70. The van der Waals surface area contributed by atoms with Gasteiger partial charge in [0.2, 0.25) is 0 Å². The first-order chi connectivity index (χ1) is 10.8. The summed E-state index contributed by atoms with van der Waals surface area (Å²) in [5.74, 6) is 0. The minimum absolute atomic E-state index is 0.163. The molecule has 0 fully saturated rings. The largest absolute Gasteiger partial charge is 0.387 e. The van der Waals surface area contributed by atoms with Crippen LogP contribution in [0.3, 0.4) is 0 Å². The third-order valence-electron chi connectivity index (χ3n) is 5.23. The van der Waals surface area contributed by atoms with E-state index in [2.05, 4.69) is 6.07 Å². The van der Waals surface area contributed by atoms with Crippen LogP contribution in [0.1, 0.15) is 43.5 Å². The van der Waals surface area contributed by atoms with E-state index < -0.39 is 17.1 Å². The second kappa shape index (κ2) is 5.07. The molecule has 118 valence electrons. The maximum atomic E-state index is 12.4. The molecule has 2 aromatic rings. The van der Waals surface area contributed by atoms with Gasteiger partial charge >= 0.3 is 0 Å². The number of aliphatic hydroxyl groups is 1. The number of fused-ring (bicyclic) bond motifs is 1. The summed E-state index contributed by atoms with van der Waals surface area (Å²) in [6.45, 7) is 5.79. The first kappa shape index (κ1) is 15.5. The third-order valence-corrected chi connectivity index (χ3v) is 5.23. The fraction of sp³-hybridized carbons (Fsp3) is 0.368. The lowest BCUT2D eigenvalue weighted by atomic mass is 9.61. The van der Waals surface area contributed by atoms with Gasteiger partial charge in [-0.15, -0.1) is 0 Å². The molecule has 0 amide bonds. The molecule has 1 aromatic heterocycles. The highest BCUT2D eigenvalue weighted by molar-refractivity contribution is 5.44. The van der Waals surface area contributed by atoms with Crippen LogP contribution >= 0.6 is 0 Å². The van der Waals surface area contributed by atoms with Gasteiger partial charge in [0.25, 0.3) is 5.56 Å². The molecule has 0 spiro atoms. The minimum atomic E-state index is -1.13. The third kappa shape index (κ3) is 2.29. The van der Waals surface area contributed by atoms with E-state index in [0.29, 0.717) is 12.0 Å². The summed E-state index contributed by atoms with van der Waals surface area (Å²) in [4.78, 5) is 12.4. The van der Waals surface area contributed by atoms with Crippen molar-refractivity contribution in [2.24, 2.45) is 5.41 Å². The molecular weight excluding hydrogens is 288 g/mol. The Bertz CT molecular complexity index is 856. The van der Waals surface area contributed by atoms with E-state index in [1.807, 2.05) is 19.9 Å². The number of aromatic nitrogens is 1. The van der Waals surface area contributed by atoms with Crippen LogP contribution in [0.15, 0.2) is 47.4 Å². The summed E-state index contributed by atoms with van der Waals surface area (Å²) in [7, 11) is 0. The van der Waals surface area contributed by atoms with Crippen LogP contribution in [0.2, 0.25) is 0 Å². The predicted molar refractivity (Wildman–Crippen MR) is 88.1 cm³/mol. The van der Waals surface area contributed by atoms with Gasteiger partial charge in [-0.3, -0.25) is 4.79 Å². The van der Waals surface area contributed by atoms with Crippen molar-refractivity contribution in [3.05, 3.63) is 69.6 Å². The molecule has 2 unspecified atom stereocenters. The summed E-state index contributed by atoms with van der Waals surface area (Å²) in [6, 6.07) is 12.1. The molecule has 1 aliphatic rings. The van der Waals surface area contributed by atoms with Gasteiger partial charge in [0.15, 0.2) is 0 Å². The average molecular weight is 308 g/mol. The van der Waals surface area contributed by atoms with E-state index >= 15 is 0 Å². The quantitative estimate of drug-likeness (QED) is 0.880. The lowest BCUT2D eigenvalue weighted by molar-refractivity contribution is -0.0892. The Morgan fingerprint density at radius 3 is 2.65 bits per heavy atom. The molecule has 1 heterocycles. The summed E-state index contributed by atoms with van der Waals surface area (Å²) in [6.07, 6.45) is 2.39. The van der Waals surface area contributed by atoms with Gasteiger partial charge in [-0.1, -0.05) is 26.0 Å². The predicted octanol–water partition coefficient (Wildman–Crippen LogP) is 2.64. The van der Waals surface area contributed by atoms with Crippen molar-refractivity contribution >= 4 is 0 Å². The van der Waals surface area contributed by atoms with E-state index in [0.717, 1.165) is 11.1 Å². The number of nitriles is 1. The van der Waals surface area contributed by atoms with Gasteiger partial charge in [0.05, 0.1) is 23.3 Å². The highest BCUT2D eigenvalue weighted by atomic mass is 16.3. The van der Waals surface area contributed by atoms with Crippen LogP contribution in [-0.4, -0.2) is 15.3 Å². The van der Waals surface area contributed by atoms with Crippen molar-refractivity contribution in [3.8, 4) is 6.07 Å². The standard InChI is InChI=1S/C19H20N2O2/c1-18(2)11-14-8-7-13(12-20)10-15(14)17(19(18,3)23)21-9-5-4-6-16(21)22/h4-10,17,23H,11H2,1-3H3. The van der Waals surface area contributed by atoms with Crippen molar-refractivity contribution in [1.82, 2.24) is 4.57 Å². The van der Waals surface area contributed by atoms with Gasteiger partial charge in [-0.05, 0) is 48.1 Å². The zero-order valence-corrected chi connectivity index (χ0v) is 13.6. The van der Waals surface area contributed by atoms with Gasteiger partial charge in [0, 0.05) is 12.3 Å². The van der Waals surface area contributed by atoms with Gasteiger partial charge < -0.3 is 9.67 Å². The lowest BCUT2D eigenvalue weighted by Gasteiger charge is -2.50. The monoisotopic (exact) mass is 308 g/mol. The van der Waals surface area contributed by atoms with E-state index in [9.17, 15) is 15.2 Å². The molecule has 1 aromatic carbocycles. The molecule has 4 nitrogen and oxygen atoms in total. The van der Waals surface area contributed by atoms with Gasteiger partial charge in [-0.2, -0.15) is 5.26 Å². The summed E-state index contributed by atoms with van der Waals surface area (Å²) < 4.78 is 1.57. The Morgan fingerprint density at radius 1 is 1.26 bits per heavy atom. The molecule has 1 aliphatic carbocycles. The zero-order chi connectivity index (χ0) is 16.8. The SMILES string of the molecule is CC1(C)Cc2ccc(C#N)cc2C(n2ccccc2=O)C1(C)O. The second-order valence-electron chi connectivity index (χ2n) is 7.08. The van der Waals surface area contributed by atoms with Crippen LogP contribution in [0.25, 0.3) is 0 Å². The zero-order valence-electron chi connectivity index (χ0n) is 13.6. The number of benzene rings is 1. The Kier molecular flexibility index (Phi) is 3.42. The van der Waals surface area contributed by atoms with Crippen molar-refractivity contribution in [3.63, 3.8) is 0 Å². The Hall–Kier alpha value is -2.38. The van der Waals surface area contributed by atoms with Crippen LogP contribution in [0.4, 0.5) is 0 Å². The maximum Gasteiger partial charge on any atom is 0.251 e. The Labute approximate surface area is 135 Å². The Morgan fingerprint density at radius 2 is 2.00 bits per heavy atom. The van der Waals surface area contributed by atoms with Crippen molar-refractivity contribution in [2.75, 3.05) is 0 Å². The van der Waals surface area contributed by atoms with Crippen LogP contribution in [-0.2, 0) is 6.42 Å². The summed E-state index contributed by atoms with van der Waals surface area (Å²) in [5.41, 5.74) is 0.757.